The predicted molar refractivity (Wildman–Crippen MR) is 126 cm³/mol. The average Bonchev–Trinajstić information content (AvgIpc) is 2.85. The molecule has 0 aliphatic carbocycles. The van der Waals surface area contributed by atoms with Gasteiger partial charge in [-0.3, -0.25) is 4.90 Å². The highest BCUT2D eigenvalue weighted by Gasteiger charge is 2.39. The number of nitrogens with zero attached hydrogens (tertiary/aromatic N) is 2. The highest BCUT2D eigenvalue weighted by molar-refractivity contribution is 5.45. The summed E-state index contributed by atoms with van der Waals surface area (Å²) in [5.74, 6) is 0. The average molecular weight is 413 g/mol. The topological polar surface area (TPSA) is 15.7 Å². The van der Waals surface area contributed by atoms with Crippen LogP contribution in [0.4, 0.5) is 0 Å². The molecule has 3 aromatic rings. The summed E-state index contributed by atoms with van der Waals surface area (Å²) in [4.78, 5) is 5.22. The Morgan fingerprint density at radius 1 is 0.710 bits per heavy atom. The van der Waals surface area contributed by atoms with E-state index in [0.717, 1.165) is 58.9 Å². The van der Waals surface area contributed by atoms with Gasteiger partial charge in [0.1, 0.15) is 0 Å². The maximum Gasteiger partial charge on any atom is 0.0720 e. The van der Waals surface area contributed by atoms with Crippen molar-refractivity contribution in [2.24, 2.45) is 0 Å². The predicted octanol–water partition coefficient (Wildman–Crippen LogP) is 4.71. The van der Waals surface area contributed by atoms with Crippen LogP contribution in [-0.2, 0) is 23.3 Å². The summed E-state index contributed by atoms with van der Waals surface area (Å²) in [6, 6.07) is 30.7. The number of benzene rings is 3. The molecule has 1 saturated heterocycles. The quantitative estimate of drug-likeness (QED) is 0.583. The number of hydrogen-bond donors (Lipinski definition) is 0. The summed E-state index contributed by atoms with van der Waals surface area (Å²) in [6.07, 6.45) is 1.09. The normalized spacial score (nSPS) is 22.2. The van der Waals surface area contributed by atoms with Crippen molar-refractivity contribution in [2.45, 2.75) is 25.0 Å². The molecule has 31 heavy (non-hydrogen) atoms. The third kappa shape index (κ3) is 4.45. The minimum absolute atomic E-state index is 0.0583. The smallest absolute Gasteiger partial charge is 0.0720 e. The molecule has 0 saturated carbocycles. The Morgan fingerprint density at radius 3 is 2.13 bits per heavy atom. The molecule has 2 aliphatic rings. The van der Waals surface area contributed by atoms with Crippen molar-refractivity contribution < 1.29 is 4.74 Å². The van der Waals surface area contributed by atoms with E-state index in [2.05, 4.69) is 94.7 Å². The summed E-state index contributed by atoms with van der Waals surface area (Å²) in [6.45, 7) is 8.21. The Morgan fingerprint density at radius 2 is 1.35 bits per heavy atom. The Hall–Kier alpha value is -2.46. The number of rotatable bonds is 6. The van der Waals surface area contributed by atoms with Gasteiger partial charge in [0.25, 0.3) is 0 Å². The number of hydrogen-bond acceptors (Lipinski definition) is 3. The van der Waals surface area contributed by atoms with Crippen LogP contribution in [0.15, 0.2) is 84.9 Å². The lowest BCUT2D eigenvalue weighted by molar-refractivity contribution is 0.0528. The van der Waals surface area contributed by atoms with Gasteiger partial charge in [0.05, 0.1) is 13.2 Å². The van der Waals surface area contributed by atoms with Crippen molar-refractivity contribution in [3.8, 4) is 0 Å². The summed E-state index contributed by atoms with van der Waals surface area (Å²) in [5.41, 5.74) is 5.53. The lowest BCUT2D eigenvalue weighted by Crippen LogP contribution is -2.48. The monoisotopic (exact) mass is 412 g/mol. The molecule has 160 valence electrons. The van der Waals surface area contributed by atoms with Crippen molar-refractivity contribution in [2.75, 3.05) is 39.3 Å². The molecule has 0 spiro atoms. The number of fused-ring (bicyclic) bond motifs is 1. The highest BCUT2D eigenvalue weighted by atomic mass is 16.5. The molecule has 1 fully saturated rings. The minimum Gasteiger partial charge on any atom is -0.375 e. The van der Waals surface area contributed by atoms with E-state index >= 15 is 0 Å². The molecule has 0 radical (unpaired) electrons. The lowest BCUT2D eigenvalue weighted by Gasteiger charge is -2.42. The zero-order valence-electron chi connectivity index (χ0n) is 18.2. The SMILES string of the molecule is c1ccc(CN2CCN(CCC3(c4ccccc4)COCc4ccccc43)CC2)cc1. The van der Waals surface area contributed by atoms with Crippen LogP contribution in [0.5, 0.6) is 0 Å². The first-order chi connectivity index (χ1) is 15.3. The van der Waals surface area contributed by atoms with Gasteiger partial charge in [0.15, 0.2) is 0 Å². The van der Waals surface area contributed by atoms with Crippen LogP contribution in [0.3, 0.4) is 0 Å². The maximum absolute atomic E-state index is 6.16. The third-order valence-electron chi connectivity index (χ3n) is 7.03. The molecule has 0 aromatic heterocycles. The van der Waals surface area contributed by atoms with E-state index in [1.807, 2.05) is 0 Å². The molecular weight excluding hydrogens is 380 g/mol. The van der Waals surface area contributed by atoms with E-state index in [1.165, 1.54) is 22.3 Å². The summed E-state index contributed by atoms with van der Waals surface area (Å²) < 4.78 is 6.16. The van der Waals surface area contributed by atoms with Crippen LogP contribution in [-0.4, -0.2) is 49.1 Å². The molecule has 1 unspecified atom stereocenters. The van der Waals surface area contributed by atoms with Crippen molar-refractivity contribution >= 4 is 0 Å². The fourth-order valence-corrected chi connectivity index (χ4v) is 5.23. The van der Waals surface area contributed by atoms with E-state index in [4.69, 9.17) is 4.74 Å². The molecule has 0 N–H and O–H groups in total. The van der Waals surface area contributed by atoms with Crippen LogP contribution in [0.1, 0.15) is 28.7 Å². The van der Waals surface area contributed by atoms with Crippen LogP contribution >= 0.6 is 0 Å². The second-order valence-corrected chi connectivity index (χ2v) is 8.95. The van der Waals surface area contributed by atoms with Gasteiger partial charge in [-0.15, -0.1) is 0 Å². The van der Waals surface area contributed by atoms with Crippen LogP contribution in [0.25, 0.3) is 0 Å². The molecule has 3 aromatic carbocycles. The number of ether oxygens (including phenoxy) is 1. The maximum atomic E-state index is 6.16. The Bertz CT molecular complexity index is 967. The van der Waals surface area contributed by atoms with Crippen molar-refractivity contribution in [3.63, 3.8) is 0 Å². The standard InChI is InChI=1S/C28H32N2O/c1-3-9-24(10-4-1)21-30-19-17-29(18-20-30)16-15-28(26-12-5-2-6-13-26)23-31-22-25-11-7-8-14-27(25)28/h1-14H,15-23H2. The molecule has 5 rings (SSSR count). The first kappa shape index (κ1) is 20.4. The molecule has 0 bridgehead atoms. The largest absolute Gasteiger partial charge is 0.375 e. The van der Waals surface area contributed by atoms with Crippen LogP contribution in [0, 0.1) is 0 Å². The van der Waals surface area contributed by atoms with Gasteiger partial charge >= 0.3 is 0 Å². The van der Waals surface area contributed by atoms with E-state index in [1.54, 1.807) is 0 Å². The molecular formula is C28H32N2O. The fourth-order valence-electron chi connectivity index (χ4n) is 5.23. The Balaban J connectivity index is 1.28. The first-order valence-corrected chi connectivity index (χ1v) is 11.5. The Kier molecular flexibility index (Phi) is 6.17. The first-order valence-electron chi connectivity index (χ1n) is 11.5. The van der Waals surface area contributed by atoms with Gasteiger partial charge in [-0.05, 0) is 35.2 Å². The lowest BCUT2D eigenvalue weighted by atomic mass is 9.70. The summed E-state index contributed by atoms with van der Waals surface area (Å²) in [5, 5.41) is 0. The van der Waals surface area contributed by atoms with Gasteiger partial charge < -0.3 is 9.64 Å². The number of piperazine rings is 1. The Labute approximate surface area is 186 Å². The minimum atomic E-state index is -0.0583. The van der Waals surface area contributed by atoms with Gasteiger partial charge in [0, 0.05) is 38.1 Å². The van der Waals surface area contributed by atoms with E-state index < -0.39 is 0 Å². The summed E-state index contributed by atoms with van der Waals surface area (Å²) >= 11 is 0. The molecule has 2 aliphatic heterocycles. The summed E-state index contributed by atoms with van der Waals surface area (Å²) in [7, 11) is 0. The third-order valence-corrected chi connectivity index (χ3v) is 7.03. The zero-order valence-corrected chi connectivity index (χ0v) is 18.2. The second-order valence-electron chi connectivity index (χ2n) is 8.95. The van der Waals surface area contributed by atoms with Crippen molar-refractivity contribution in [1.29, 1.82) is 0 Å². The van der Waals surface area contributed by atoms with Gasteiger partial charge in [-0.2, -0.15) is 0 Å². The highest BCUT2D eigenvalue weighted by Crippen LogP contribution is 2.41. The van der Waals surface area contributed by atoms with Gasteiger partial charge in [-0.25, -0.2) is 0 Å². The molecule has 0 amide bonds. The van der Waals surface area contributed by atoms with Crippen molar-refractivity contribution in [1.82, 2.24) is 9.80 Å². The van der Waals surface area contributed by atoms with E-state index in [-0.39, 0.29) is 5.41 Å². The van der Waals surface area contributed by atoms with Crippen LogP contribution < -0.4 is 0 Å². The van der Waals surface area contributed by atoms with E-state index in [9.17, 15) is 0 Å². The molecule has 3 heteroatoms. The van der Waals surface area contributed by atoms with Gasteiger partial charge in [0.2, 0.25) is 0 Å². The molecule has 3 nitrogen and oxygen atoms in total. The second kappa shape index (κ2) is 9.35. The van der Waals surface area contributed by atoms with Gasteiger partial charge in [-0.1, -0.05) is 84.9 Å². The van der Waals surface area contributed by atoms with Crippen molar-refractivity contribution in [3.05, 3.63) is 107 Å². The molecule has 2 heterocycles. The molecule has 1 atom stereocenters. The fraction of sp³-hybridized carbons (Fsp3) is 0.357. The van der Waals surface area contributed by atoms with Crippen LogP contribution in [0.2, 0.25) is 0 Å². The zero-order chi connectivity index (χ0) is 20.9. The van der Waals surface area contributed by atoms with E-state index in [0.29, 0.717) is 0 Å².